The van der Waals surface area contributed by atoms with Crippen molar-refractivity contribution in [1.82, 2.24) is 25.2 Å². The number of pyridine rings is 1. The van der Waals surface area contributed by atoms with E-state index in [1.165, 1.54) is 0 Å². The molecular formula is C24H29N7O. The van der Waals surface area contributed by atoms with Gasteiger partial charge < -0.3 is 20.4 Å². The summed E-state index contributed by atoms with van der Waals surface area (Å²) in [5.74, 6) is 1.34. The topological polar surface area (TPSA) is 86.3 Å². The first-order chi connectivity index (χ1) is 15.5. The van der Waals surface area contributed by atoms with Gasteiger partial charge in [-0.05, 0) is 38.5 Å². The molecular weight excluding hydrogens is 402 g/mol. The second-order valence-electron chi connectivity index (χ2n) is 8.92. The summed E-state index contributed by atoms with van der Waals surface area (Å²) < 4.78 is 0. The number of carbonyl (C=O) groups excluding carboxylic acids is 1. The van der Waals surface area contributed by atoms with E-state index in [1.807, 2.05) is 43.1 Å². The van der Waals surface area contributed by atoms with Crippen LogP contribution in [0, 0.1) is 0 Å². The maximum absolute atomic E-state index is 13.1. The molecule has 166 valence electrons. The summed E-state index contributed by atoms with van der Waals surface area (Å²) in [7, 11) is 0. The van der Waals surface area contributed by atoms with Gasteiger partial charge in [-0.1, -0.05) is 18.2 Å². The molecule has 32 heavy (non-hydrogen) atoms. The van der Waals surface area contributed by atoms with Gasteiger partial charge in [-0.15, -0.1) is 0 Å². The van der Waals surface area contributed by atoms with E-state index in [0.29, 0.717) is 30.8 Å². The second kappa shape index (κ2) is 8.35. The van der Waals surface area contributed by atoms with E-state index in [1.54, 1.807) is 0 Å². The summed E-state index contributed by atoms with van der Waals surface area (Å²) in [6.45, 7) is 9.83. The monoisotopic (exact) mass is 431 g/mol. The van der Waals surface area contributed by atoms with Crippen molar-refractivity contribution in [2.24, 2.45) is 0 Å². The van der Waals surface area contributed by atoms with Crippen LogP contribution in [0.25, 0.3) is 10.9 Å². The van der Waals surface area contributed by atoms with E-state index < -0.39 is 0 Å². The summed E-state index contributed by atoms with van der Waals surface area (Å²) in [6.07, 6.45) is 1.89. The van der Waals surface area contributed by atoms with E-state index in [0.717, 1.165) is 47.5 Å². The van der Waals surface area contributed by atoms with Crippen molar-refractivity contribution in [3.05, 3.63) is 53.3 Å². The zero-order chi connectivity index (χ0) is 22.2. The van der Waals surface area contributed by atoms with Crippen molar-refractivity contribution in [2.45, 2.75) is 45.9 Å². The predicted molar refractivity (Wildman–Crippen MR) is 126 cm³/mol. The standard InChI is InChI=1S/C24H29N7O/c1-15(2)31-14-19-21(23(31)32)28-24(30-9-8-25-16(3)13-30)29-22(19)27-12-17-10-18-6-4-5-7-20(18)26-11-17/h4-7,10-11,15-16,25H,8-9,12-14H2,1-3H3,(H,27,28,29)/t16-/m1/s1. The Morgan fingerprint density at radius 1 is 1.25 bits per heavy atom. The van der Waals surface area contributed by atoms with E-state index in [2.05, 4.69) is 39.6 Å². The molecule has 1 saturated heterocycles. The highest BCUT2D eigenvalue weighted by Gasteiger charge is 2.35. The van der Waals surface area contributed by atoms with Crippen LogP contribution in [0.1, 0.15) is 42.4 Å². The molecule has 0 saturated carbocycles. The molecule has 2 aliphatic heterocycles. The largest absolute Gasteiger partial charge is 0.365 e. The summed E-state index contributed by atoms with van der Waals surface area (Å²) >= 11 is 0. The van der Waals surface area contributed by atoms with Crippen LogP contribution in [-0.2, 0) is 13.1 Å². The third-order valence-corrected chi connectivity index (χ3v) is 6.17. The maximum Gasteiger partial charge on any atom is 0.273 e. The Morgan fingerprint density at radius 2 is 2.09 bits per heavy atom. The van der Waals surface area contributed by atoms with Crippen molar-refractivity contribution in [2.75, 3.05) is 29.9 Å². The molecule has 1 atom stereocenters. The lowest BCUT2D eigenvalue weighted by Gasteiger charge is -2.32. The molecule has 8 nitrogen and oxygen atoms in total. The molecule has 2 aliphatic rings. The van der Waals surface area contributed by atoms with Crippen LogP contribution in [0.15, 0.2) is 36.5 Å². The van der Waals surface area contributed by atoms with Gasteiger partial charge in [0, 0.05) is 55.4 Å². The van der Waals surface area contributed by atoms with Crippen molar-refractivity contribution in [1.29, 1.82) is 0 Å². The van der Waals surface area contributed by atoms with Gasteiger partial charge in [-0.3, -0.25) is 9.78 Å². The lowest BCUT2D eigenvalue weighted by Crippen LogP contribution is -2.50. The number of para-hydroxylation sites is 1. The van der Waals surface area contributed by atoms with Gasteiger partial charge >= 0.3 is 0 Å². The van der Waals surface area contributed by atoms with Crippen LogP contribution in [-0.4, -0.2) is 57.5 Å². The smallest absolute Gasteiger partial charge is 0.273 e. The van der Waals surface area contributed by atoms with Crippen molar-refractivity contribution in [3.63, 3.8) is 0 Å². The van der Waals surface area contributed by atoms with E-state index >= 15 is 0 Å². The fourth-order valence-corrected chi connectivity index (χ4v) is 4.39. The Kier molecular flexibility index (Phi) is 5.38. The number of piperazine rings is 1. The first-order valence-electron chi connectivity index (χ1n) is 11.3. The van der Waals surface area contributed by atoms with Gasteiger partial charge in [-0.25, -0.2) is 4.98 Å². The molecule has 1 aromatic carbocycles. The van der Waals surface area contributed by atoms with Crippen molar-refractivity contribution >= 4 is 28.6 Å². The third-order valence-electron chi connectivity index (χ3n) is 6.17. The molecule has 0 aliphatic carbocycles. The highest BCUT2D eigenvalue weighted by atomic mass is 16.2. The Labute approximate surface area is 188 Å². The molecule has 5 rings (SSSR count). The first kappa shape index (κ1) is 20.6. The highest BCUT2D eigenvalue weighted by Crippen LogP contribution is 2.31. The Morgan fingerprint density at radius 3 is 2.91 bits per heavy atom. The Balaban J connectivity index is 1.47. The zero-order valence-corrected chi connectivity index (χ0v) is 18.8. The number of benzene rings is 1. The van der Waals surface area contributed by atoms with Crippen molar-refractivity contribution < 1.29 is 4.79 Å². The van der Waals surface area contributed by atoms with Crippen LogP contribution < -0.4 is 15.5 Å². The van der Waals surface area contributed by atoms with Gasteiger partial charge in [0.15, 0.2) is 0 Å². The van der Waals surface area contributed by atoms with Crippen LogP contribution in [0.5, 0.6) is 0 Å². The number of carbonyl (C=O) groups is 1. The normalized spacial score (nSPS) is 18.5. The summed E-state index contributed by atoms with van der Waals surface area (Å²) in [4.78, 5) is 31.3. The number of nitrogens with one attached hydrogen (secondary N) is 2. The van der Waals surface area contributed by atoms with Gasteiger partial charge in [0.1, 0.15) is 11.5 Å². The number of hydrogen-bond acceptors (Lipinski definition) is 7. The lowest BCUT2D eigenvalue weighted by atomic mass is 10.1. The molecule has 0 radical (unpaired) electrons. The minimum atomic E-state index is -0.0164. The van der Waals surface area contributed by atoms with Gasteiger partial charge in [0.05, 0.1) is 12.1 Å². The average molecular weight is 432 g/mol. The molecule has 1 amide bonds. The first-order valence-corrected chi connectivity index (χ1v) is 11.3. The van der Waals surface area contributed by atoms with E-state index in [9.17, 15) is 4.79 Å². The molecule has 1 fully saturated rings. The van der Waals surface area contributed by atoms with Crippen LogP contribution in [0.3, 0.4) is 0 Å². The molecule has 8 heteroatoms. The molecule has 2 aromatic heterocycles. The number of hydrogen-bond donors (Lipinski definition) is 2. The third kappa shape index (κ3) is 3.86. The molecule has 0 bridgehead atoms. The quantitative estimate of drug-likeness (QED) is 0.642. The molecule has 3 aromatic rings. The second-order valence-corrected chi connectivity index (χ2v) is 8.92. The minimum absolute atomic E-state index is 0.0164. The van der Waals surface area contributed by atoms with Gasteiger partial charge in [0.2, 0.25) is 5.95 Å². The van der Waals surface area contributed by atoms with Crippen molar-refractivity contribution in [3.8, 4) is 0 Å². The number of aromatic nitrogens is 3. The van der Waals surface area contributed by atoms with E-state index in [-0.39, 0.29) is 11.9 Å². The minimum Gasteiger partial charge on any atom is -0.365 e. The van der Waals surface area contributed by atoms with Gasteiger partial charge in [0.25, 0.3) is 5.91 Å². The number of anilines is 2. The van der Waals surface area contributed by atoms with Crippen LogP contribution in [0.4, 0.5) is 11.8 Å². The SMILES string of the molecule is CC(C)N1Cc2c(NCc3cnc4ccccc4c3)nc(N3CCN[C@H](C)C3)nc2C1=O. The molecule has 0 unspecified atom stereocenters. The number of fused-ring (bicyclic) bond motifs is 2. The number of amides is 1. The molecule has 0 spiro atoms. The van der Waals surface area contributed by atoms with E-state index in [4.69, 9.17) is 9.97 Å². The Bertz CT molecular complexity index is 1160. The molecule has 4 heterocycles. The zero-order valence-electron chi connectivity index (χ0n) is 18.8. The van der Waals surface area contributed by atoms with Gasteiger partial charge in [-0.2, -0.15) is 4.98 Å². The van der Waals surface area contributed by atoms with Crippen LogP contribution in [0.2, 0.25) is 0 Å². The Hall–Kier alpha value is -3.26. The van der Waals surface area contributed by atoms with Crippen LogP contribution >= 0.6 is 0 Å². The summed E-state index contributed by atoms with van der Waals surface area (Å²) in [5.41, 5.74) is 3.45. The summed E-state index contributed by atoms with van der Waals surface area (Å²) in [6, 6.07) is 10.7. The maximum atomic E-state index is 13.1. The predicted octanol–water partition coefficient (Wildman–Crippen LogP) is 2.80. The lowest BCUT2D eigenvalue weighted by molar-refractivity contribution is 0.0726. The fraction of sp³-hybridized carbons (Fsp3) is 0.417. The number of rotatable bonds is 5. The summed E-state index contributed by atoms with van der Waals surface area (Å²) in [5, 5.41) is 8.04. The molecule has 2 N–H and O–H groups in total. The average Bonchev–Trinajstić information content (AvgIpc) is 3.14. The highest BCUT2D eigenvalue weighted by molar-refractivity contribution is 5.98. The number of nitrogens with zero attached hydrogens (tertiary/aromatic N) is 5. The fourth-order valence-electron chi connectivity index (χ4n) is 4.39.